The molecule has 2 amide bonds. The molecular formula is C20H26N6O2. The molecular weight excluding hydrogens is 356 g/mol. The Morgan fingerprint density at radius 2 is 1.82 bits per heavy atom. The first-order chi connectivity index (χ1) is 13.4. The zero-order valence-electron chi connectivity index (χ0n) is 16.2. The van der Waals surface area contributed by atoms with Crippen LogP contribution in [0.1, 0.15) is 27.1 Å². The molecule has 0 spiro atoms. The van der Waals surface area contributed by atoms with Gasteiger partial charge in [-0.15, -0.1) is 0 Å². The van der Waals surface area contributed by atoms with Crippen molar-refractivity contribution in [1.29, 1.82) is 0 Å². The molecule has 3 rings (SSSR count). The molecule has 1 aliphatic rings. The molecule has 0 aromatic heterocycles. The molecule has 28 heavy (non-hydrogen) atoms. The van der Waals surface area contributed by atoms with Crippen molar-refractivity contribution in [2.75, 3.05) is 45.6 Å². The molecule has 5 N–H and O–H groups in total. The zero-order valence-corrected chi connectivity index (χ0v) is 16.2. The first-order valence-electron chi connectivity index (χ1n) is 9.26. The Hall–Kier alpha value is -3.13. The van der Waals surface area contributed by atoms with Crippen molar-refractivity contribution in [1.82, 2.24) is 9.80 Å². The predicted molar refractivity (Wildman–Crippen MR) is 112 cm³/mol. The molecule has 0 fully saturated rings. The number of carbonyl (C=O) groups is 2. The van der Waals surface area contributed by atoms with Crippen molar-refractivity contribution >= 4 is 34.2 Å². The number of nitrogens with zero attached hydrogens (tertiary/aromatic N) is 3. The minimum atomic E-state index is -0.237. The number of nitrogens with one attached hydrogen (secondary N) is 1. The molecule has 2 aromatic carbocycles. The van der Waals surface area contributed by atoms with Gasteiger partial charge in [0.25, 0.3) is 11.8 Å². The number of hydrogen-bond acceptors (Lipinski definition) is 5. The Labute approximate surface area is 164 Å². The molecule has 0 radical (unpaired) electrons. The Morgan fingerprint density at radius 3 is 2.50 bits per heavy atom. The number of aliphatic imine (C=N–C) groups is 1. The Bertz CT molecular complexity index is 911. The first kappa shape index (κ1) is 19.6. The van der Waals surface area contributed by atoms with Crippen molar-refractivity contribution in [3.05, 3.63) is 41.5 Å². The van der Waals surface area contributed by atoms with Gasteiger partial charge in [-0.25, -0.2) is 0 Å². The van der Waals surface area contributed by atoms with E-state index in [4.69, 9.17) is 11.5 Å². The first-order valence-corrected chi connectivity index (χ1v) is 9.26. The van der Waals surface area contributed by atoms with Crippen molar-refractivity contribution < 1.29 is 9.59 Å². The summed E-state index contributed by atoms with van der Waals surface area (Å²) < 4.78 is 0. The summed E-state index contributed by atoms with van der Waals surface area (Å²) >= 11 is 0. The van der Waals surface area contributed by atoms with Gasteiger partial charge in [-0.2, -0.15) is 0 Å². The minimum absolute atomic E-state index is 0.0456. The smallest absolute Gasteiger partial charge is 0.261 e. The lowest BCUT2D eigenvalue weighted by molar-refractivity contribution is 0.0606. The summed E-state index contributed by atoms with van der Waals surface area (Å²) in [6.45, 7) is 2.19. The highest BCUT2D eigenvalue weighted by Crippen LogP contribution is 2.34. The average molecular weight is 382 g/mol. The number of carbonyl (C=O) groups excluding carboxylic acids is 2. The van der Waals surface area contributed by atoms with Gasteiger partial charge in [-0.1, -0.05) is 12.1 Å². The maximum Gasteiger partial charge on any atom is 0.261 e. The second-order valence-electron chi connectivity index (χ2n) is 7.04. The zero-order chi connectivity index (χ0) is 20.3. The standard InChI is InChI=1S/C20H26N6O2/c1-25(2)11-4-12-26-18(27)14-6-3-5-13-16(23-9-10-24-20(21)22)8-7-15(17(13)14)19(26)28/h3,5-8,23H,4,9-12H2,1-2H3,(H4,21,22,24). The molecule has 0 bridgehead atoms. The van der Waals surface area contributed by atoms with E-state index in [1.165, 1.54) is 4.90 Å². The summed E-state index contributed by atoms with van der Waals surface area (Å²) in [6.07, 6.45) is 0.736. The van der Waals surface area contributed by atoms with Crippen LogP contribution in [0.5, 0.6) is 0 Å². The number of nitrogens with two attached hydrogens (primary N) is 2. The number of hydrogen-bond donors (Lipinski definition) is 3. The summed E-state index contributed by atoms with van der Waals surface area (Å²) in [7, 11) is 3.94. The second-order valence-corrected chi connectivity index (χ2v) is 7.04. The molecule has 8 heteroatoms. The van der Waals surface area contributed by atoms with Crippen LogP contribution < -0.4 is 16.8 Å². The van der Waals surface area contributed by atoms with Gasteiger partial charge in [0.2, 0.25) is 0 Å². The van der Waals surface area contributed by atoms with Crippen molar-refractivity contribution in [2.24, 2.45) is 16.5 Å². The molecule has 2 aromatic rings. The summed E-state index contributed by atoms with van der Waals surface area (Å²) in [6, 6.07) is 9.18. The Morgan fingerprint density at radius 1 is 1.11 bits per heavy atom. The third-order valence-electron chi connectivity index (χ3n) is 4.70. The third kappa shape index (κ3) is 3.91. The van der Waals surface area contributed by atoms with Gasteiger partial charge >= 0.3 is 0 Å². The van der Waals surface area contributed by atoms with E-state index in [1.807, 2.05) is 37.2 Å². The van der Waals surface area contributed by atoms with E-state index in [0.717, 1.165) is 24.0 Å². The summed E-state index contributed by atoms with van der Waals surface area (Å²) in [5, 5.41) is 4.82. The van der Waals surface area contributed by atoms with Gasteiger partial charge in [0, 0.05) is 40.7 Å². The molecule has 0 atom stereocenters. The van der Waals surface area contributed by atoms with E-state index in [-0.39, 0.29) is 17.8 Å². The van der Waals surface area contributed by atoms with Gasteiger partial charge < -0.3 is 21.7 Å². The fourth-order valence-corrected chi connectivity index (χ4v) is 3.42. The normalized spacial score (nSPS) is 13.3. The van der Waals surface area contributed by atoms with Crippen LogP contribution in [0.25, 0.3) is 10.8 Å². The Balaban J connectivity index is 1.90. The molecule has 0 saturated heterocycles. The van der Waals surface area contributed by atoms with Crippen LogP contribution in [0.4, 0.5) is 5.69 Å². The van der Waals surface area contributed by atoms with E-state index in [1.54, 1.807) is 12.1 Å². The maximum absolute atomic E-state index is 13.0. The van der Waals surface area contributed by atoms with E-state index < -0.39 is 0 Å². The summed E-state index contributed by atoms with van der Waals surface area (Å²) in [4.78, 5) is 33.3. The van der Waals surface area contributed by atoms with Crippen LogP contribution in [-0.4, -0.2) is 67.8 Å². The van der Waals surface area contributed by atoms with Crippen LogP contribution in [0.2, 0.25) is 0 Å². The van der Waals surface area contributed by atoms with Crippen LogP contribution in [-0.2, 0) is 0 Å². The number of guanidine groups is 1. The molecule has 8 nitrogen and oxygen atoms in total. The maximum atomic E-state index is 13.0. The van der Waals surface area contributed by atoms with Crippen molar-refractivity contribution in [3.63, 3.8) is 0 Å². The average Bonchev–Trinajstić information content (AvgIpc) is 2.66. The number of amides is 2. The van der Waals surface area contributed by atoms with Crippen LogP contribution in [0.3, 0.4) is 0 Å². The van der Waals surface area contributed by atoms with Gasteiger partial charge in [-0.05, 0) is 45.3 Å². The van der Waals surface area contributed by atoms with Gasteiger partial charge in [0.15, 0.2) is 5.96 Å². The summed E-state index contributed by atoms with van der Waals surface area (Å²) in [5.74, 6) is -0.428. The number of imide groups is 1. The third-order valence-corrected chi connectivity index (χ3v) is 4.70. The fourth-order valence-electron chi connectivity index (χ4n) is 3.42. The van der Waals surface area contributed by atoms with E-state index in [9.17, 15) is 9.59 Å². The minimum Gasteiger partial charge on any atom is -0.383 e. The number of benzene rings is 2. The van der Waals surface area contributed by atoms with Crippen LogP contribution >= 0.6 is 0 Å². The second kappa shape index (κ2) is 8.26. The molecule has 0 aliphatic carbocycles. The van der Waals surface area contributed by atoms with Crippen LogP contribution in [0.15, 0.2) is 35.3 Å². The topological polar surface area (TPSA) is 117 Å². The quantitative estimate of drug-likeness (QED) is 0.272. The highest BCUT2D eigenvalue weighted by molar-refractivity contribution is 6.26. The van der Waals surface area contributed by atoms with Crippen molar-refractivity contribution in [3.8, 4) is 0 Å². The number of anilines is 1. The lowest BCUT2D eigenvalue weighted by atomic mass is 9.93. The molecule has 1 aliphatic heterocycles. The van der Waals surface area contributed by atoms with Crippen LogP contribution in [0, 0.1) is 0 Å². The lowest BCUT2D eigenvalue weighted by Gasteiger charge is -2.28. The Kier molecular flexibility index (Phi) is 5.79. The van der Waals surface area contributed by atoms with E-state index in [0.29, 0.717) is 36.1 Å². The van der Waals surface area contributed by atoms with Gasteiger partial charge in [0.1, 0.15) is 0 Å². The molecule has 0 unspecified atom stereocenters. The lowest BCUT2D eigenvalue weighted by Crippen LogP contribution is -2.41. The van der Waals surface area contributed by atoms with Gasteiger partial charge in [0.05, 0.1) is 6.54 Å². The fraction of sp³-hybridized carbons (Fsp3) is 0.350. The SMILES string of the molecule is CN(C)CCCN1C(=O)c2cccc3c(NCCN=C(N)N)ccc(c23)C1=O. The van der Waals surface area contributed by atoms with E-state index in [2.05, 4.69) is 10.3 Å². The number of rotatable bonds is 8. The summed E-state index contributed by atoms with van der Waals surface area (Å²) in [5.41, 5.74) is 12.6. The largest absolute Gasteiger partial charge is 0.383 e. The monoisotopic (exact) mass is 382 g/mol. The van der Waals surface area contributed by atoms with Gasteiger partial charge in [-0.3, -0.25) is 19.5 Å². The predicted octanol–water partition coefficient (Wildman–Crippen LogP) is 1.07. The van der Waals surface area contributed by atoms with Crippen molar-refractivity contribution in [2.45, 2.75) is 6.42 Å². The molecule has 0 saturated carbocycles. The highest BCUT2D eigenvalue weighted by Gasteiger charge is 2.32. The highest BCUT2D eigenvalue weighted by atomic mass is 16.2. The molecule has 1 heterocycles. The molecule has 148 valence electrons. The van der Waals surface area contributed by atoms with E-state index >= 15 is 0 Å².